The molecule has 0 heterocycles. The number of hydrogen-bond acceptors (Lipinski definition) is 10. The average molecular weight is 507 g/mol. The van der Waals surface area contributed by atoms with Crippen LogP contribution in [0.4, 0.5) is 0 Å². The molecule has 0 rings (SSSR count). The van der Waals surface area contributed by atoms with Crippen LogP contribution in [0.1, 0.15) is 33.6 Å². The number of ether oxygens (including phenoxy) is 9. The summed E-state index contributed by atoms with van der Waals surface area (Å²) in [5, 5.41) is 0. The molecule has 0 spiro atoms. The van der Waals surface area contributed by atoms with E-state index in [1.807, 2.05) is 0 Å². The van der Waals surface area contributed by atoms with E-state index in [1.54, 1.807) is 42.1 Å². The van der Waals surface area contributed by atoms with Gasteiger partial charge in [-0.15, -0.1) is 11.6 Å². The van der Waals surface area contributed by atoms with Crippen molar-refractivity contribution in [2.24, 2.45) is 0 Å². The smallest absolute Gasteiger partial charge is 0.305 e. The van der Waals surface area contributed by atoms with Gasteiger partial charge >= 0.3 is 5.97 Å². The fraction of sp³-hybridized carbons (Fsp3) is 1.00. The van der Waals surface area contributed by atoms with Crippen LogP contribution in [0.15, 0.2) is 0 Å². The molecule has 0 aliphatic heterocycles. The lowest BCUT2D eigenvalue weighted by Gasteiger charge is -2.42. The third kappa shape index (κ3) is 14.4. The third-order valence-electron chi connectivity index (χ3n) is 4.22. The number of rotatable bonds is 23. The molecule has 0 aromatic rings. The maximum Gasteiger partial charge on any atom is 0.305 e. The van der Waals surface area contributed by atoms with Crippen molar-refractivity contribution < 1.29 is 47.1 Å². The molecule has 0 saturated heterocycles. The first-order chi connectivity index (χ1) is 15.4. The van der Waals surface area contributed by atoms with Crippen LogP contribution in [0.25, 0.3) is 0 Å². The Kier molecular flexibility index (Phi) is 20.5. The molecule has 4 unspecified atom stereocenters. The zero-order valence-electron chi connectivity index (χ0n) is 20.6. The number of hydrogen-bond donors (Lipinski definition) is 0. The van der Waals surface area contributed by atoms with Gasteiger partial charge in [-0.3, -0.25) is 9.47 Å². The van der Waals surface area contributed by atoms with Gasteiger partial charge in [-0.25, -0.2) is 0 Å². The second-order valence-corrected chi connectivity index (χ2v) is 7.58. The SMILES string of the molecule is COCCOC(C)OC(CCCCl)C(O[SiH3])(OC(C)OCCOC)OC(C)OCCOC. The molecule has 0 aliphatic carbocycles. The largest absolute Gasteiger partial charge is 0.382 e. The van der Waals surface area contributed by atoms with E-state index >= 15 is 0 Å². The summed E-state index contributed by atoms with van der Waals surface area (Å²) in [5.41, 5.74) is 0. The van der Waals surface area contributed by atoms with Gasteiger partial charge in [0.2, 0.25) is 0 Å². The highest BCUT2D eigenvalue weighted by atomic mass is 35.5. The number of halogens is 1. The molecule has 194 valence electrons. The van der Waals surface area contributed by atoms with Gasteiger partial charge in [-0.2, -0.15) is 0 Å². The highest BCUT2D eigenvalue weighted by molar-refractivity contribution is 6.17. The Hall–Kier alpha value is 0.107. The minimum atomic E-state index is -1.59. The monoisotopic (exact) mass is 506 g/mol. The molecular weight excluding hydrogens is 464 g/mol. The molecule has 0 radical (unpaired) electrons. The van der Waals surface area contributed by atoms with Crippen molar-refractivity contribution in [1.29, 1.82) is 0 Å². The van der Waals surface area contributed by atoms with Crippen molar-refractivity contribution in [2.45, 2.75) is 64.6 Å². The molecule has 0 aromatic heterocycles. The highest BCUT2D eigenvalue weighted by Gasteiger charge is 2.46. The van der Waals surface area contributed by atoms with Gasteiger partial charge in [0.05, 0.1) is 39.6 Å². The van der Waals surface area contributed by atoms with Crippen molar-refractivity contribution >= 4 is 22.1 Å². The van der Waals surface area contributed by atoms with Crippen LogP contribution in [-0.4, -0.2) is 108 Å². The predicted molar refractivity (Wildman–Crippen MR) is 123 cm³/mol. The molecule has 12 heteroatoms. The Morgan fingerprint density at radius 2 is 1.16 bits per heavy atom. The molecule has 32 heavy (non-hydrogen) atoms. The Balaban J connectivity index is 5.54. The summed E-state index contributed by atoms with van der Waals surface area (Å²) in [4.78, 5) is 0. The Morgan fingerprint density at radius 3 is 1.53 bits per heavy atom. The molecule has 0 fully saturated rings. The normalized spacial score (nSPS) is 17.7. The van der Waals surface area contributed by atoms with E-state index < -0.39 is 30.9 Å². The molecule has 0 aromatic carbocycles. The number of alkyl halides is 1. The zero-order valence-corrected chi connectivity index (χ0v) is 23.4. The molecule has 0 aliphatic rings. The van der Waals surface area contributed by atoms with Gasteiger partial charge in [0.1, 0.15) is 6.10 Å². The quantitative estimate of drug-likeness (QED) is 0.0876. The van der Waals surface area contributed by atoms with E-state index in [-0.39, 0.29) is 0 Å². The first kappa shape index (κ1) is 32.1. The van der Waals surface area contributed by atoms with Gasteiger partial charge < -0.3 is 37.6 Å². The summed E-state index contributed by atoms with van der Waals surface area (Å²) in [5.74, 6) is -1.15. The Morgan fingerprint density at radius 1 is 0.719 bits per heavy atom. The zero-order chi connectivity index (χ0) is 24.2. The second-order valence-electron chi connectivity index (χ2n) is 6.79. The first-order valence-corrected chi connectivity index (χ1v) is 12.2. The third-order valence-corrected chi connectivity index (χ3v) is 5.05. The number of methoxy groups -OCH3 is 3. The fourth-order valence-electron chi connectivity index (χ4n) is 2.69. The van der Waals surface area contributed by atoms with Crippen molar-refractivity contribution in [3.05, 3.63) is 0 Å². The summed E-state index contributed by atoms with van der Waals surface area (Å²) in [6.45, 7) is 7.67. The van der Waals surface area contributed by atoms with Crippen LogP contribution >= 0.6 is 11.6 Å². The van der Waals surface area contributed by atoms with Crippen LogP contribution in [0.5, 0.6) is 0 Å². The van der Waals surface area contributed by atoms with E-state index in [9.17, 15) is 0 Å². The second kappa shape index (κ2) is 20.5. The summed E-state index contributed by atoms with van der Waals surface area (Å²) in [6, 6.07) is 0. The van der Waals surface area contributed by atoms with Gasteiger partial charge in [0.25, 0.3) is 0 Å². The molecule has 0 bridgehead atoms. The minimum Gasteiger partial charge on any atom is -0.382 e. The predicted octanol–water partition coefficient (Wildman–Crippen LogP) is 1.40. The molecule has 10 nitrogen and oxygen atoms in total. The highest BCUT2D eigenvalue weighted by Crippen LogP contribution is 2.30. The summed E-state index contributed by atoms with van der Waals surface area (Å²) < 4.78 is 56.5. The Labute approximate surface area is 200 Å². The average Bonchev–Trinajstić information content (AvgIpc) is 2.76. The topological polar surface area (TPSA) is 92.3 Å². The van der Waals surface area contributed by atoms with Crippen LogP contribution in [-0.2, 0) is 47.1 Å². The van der Waals surface area contributed by atoms with Gasteiger partial charge in [0, 0.05) is 27.2 Å². The standard InChI is InChI=1S/C20H43ClO10Si/c1-16(25-13-10-22-4)28-19(8-7-9-21)20(31-32,29-17(2)26-14-11-23-5)30-18(3)27-15-12-24-6/h16-19H,7-15H2,1-6,32H3. The van der Waals surface area contributed by atoms with E-state index in [0.29, 0.717) is 68.8 Å². The van der Waals surface area contributed by atoms with Crippen molar-refractivity contribution in [1.82, 2.24) is 0 Å². The van der Waals surface area contributed by atoms with Crippen molar-refractivity contribution in [2.75, 3.05) is 66.9 Å². The molecular formula is C20H43ClO10Si. The molecule has 4 atom stereocenters. The van der Waals surface area contributed by atoms with Crippen molar-refractivity contribution in [3.63, 3.8) is 0 Å². The molecule has 0 saturated carbocycles. The maximum atomic E-state index is 6.16. The van der Waals surface area contributed by atoms with Crippen LogP contribution in [0.2, 0.25) is 0 Å². The minimum absolute atomic E-state index is 0.294. The molecule has 0 N–H and O–H groups in total. The van der Waals surface area contributed by atoms with E-state index in [0.717, 1.165) is 0 Å². The lowest BCUT2D eigenvalue weighted by Crippen LogP contribution is -2.55. The maximum absolute atomic E-state index is 6.16. The van der Waals surface area contributed by atoms with Gasteiger partial charge in [-0.1, -0.05) is 0 Å². The van der Waals surface area contributed by atoms with Crippen LogP contribution in [0, 0.1) is 0 Å². The Bertz CT molecular complexity index is 406. The lowest BCUT2D eigenvalue weighted by molar-refractivity contribution is -0.455. The van der Waals surface area contributed by atoms with Gasteiger partial charge in [0.15, 0.2) is 29.4 Å². The summed E-state index contributed by atoms with van der Waals surface area (Å²) in [6.07, 6.45) is -1.43. The van der Waals surface area contributed by atoms with Gasteiger partial charge in [-0.05, 0) is 33.6 Å². The van der Waals surface area contributed by atoms with E-state index in [4.69, 9.17) is 58.7 Å². The van der Waals surface area contributed by atoms with E-state index in [2.05, 4.69) is 0 Å². The van der Waals surface area contributed by atoms with Crippen LogP contribution in [0.3, 0.4) is 0 Å². The summed E-state index contributed by atoms with van der Waals surface area (Å²) >= 11 is 5.96. The first-order valence-electron chi connectivity index (χ1n) is 10.8. The summed E-state index contributed by atoms with van der Waals surface area (Å²) in [7, 11) is 5.10. The van der Waals surface area contributed by atoms with Crippen molar-refractivity contribution in [3.8, 4) is 0 Å². The van der Waals surface area contributed by atoms with Crippen LogP contribution < -0.4 is 0 Å². The van der Waals surface area contributed by atoms with E-state index in [1.165, 1.54) is 0 Å². The fourth-order valence-corrected chi connectivity index (χ4v) is 3.30. The molecule has 0 amide bonds. The lowest BCUT2D eigenvalue weighted by atomic mass is 10.1.